The van der Waals surface area contributed by atoms with Gasteiger partial charge in [0.2, 0.25) is 94.5 Å². The Morgan fingerprint density at radius 3 is 1.32 bits per heavy atom. The van der Waals surface area contributed by atoms with Crippen LogP contribution in [-0.2, 0) is 91.1 Å². The first-order valence-electron chi connectivity index (χ1n) is 37.8. The second kappa shape index (κ2) is 47.9. The third-order valence-electron chi connectivity index (χ3n) is 18.6. The van der Waals surface area contributed by atoms with Gasteiger partial charge in [-0.2, -0.15) is 11.8 Å². The number of carboxylic acid groups (broad SMARTS) is 3. The predicted octanol–water partition coefficient (Wildman–Crippen LogP) is -7.36. The number of aliphatic hydroxyl groups is 1. The molecule has 24 N–H and O–H groups in total. The van der Waals surface area contributed by atoms with Crippen LogP contribution < -0.4 is 86.7 Å². The minimum absolute atomic E-state index is 0.0115. The molecule has 43 nitrogen and oxygen atoms in total. The molecule has 3 aliphatic rings. The van der Waals surface area contributed by atoms with Crippen molar-refractivity contribution in [3.05, 3.63) is 0 Å². The number of nitrogens with one attached hydrogen (secondary N) is 12. The number of primary amides is 1. The highest BCUT2D eigenvalue weighted by molar-refractivity contribution is 7.98. The molecule has 15 atom stereocenters. The van der Waals surface area contributed by atoms with Crippen LogP contribution >= 0.6 is 11.8 Å². The van der Waals surface area contributed by atoms with Crippen LogP contribution in [0.5, 0.6) is 0 Å². The minimum atomic E-state index is -2.08. The maximum absolute atomic E-state index is 14.4. The lowest BCUT2D eigenvalue weighted by Crippen LogP contribution is -2.61. The molecule has 0 bridgehead atoms. The van der Waals surface area contributed by atoms with E-state index in [1.54, 1.807) is 41.5 Å². The summed E-state index contributed by atoms with van der Waals surface area (Å²) in [6.45, 7) is 12.2. The molecule has 0 aliphatic carbocycles. The van der Waals surface area contributed by atoms with Gasteiger partial charge in [-0.25, -0.2) is 4.79 Å². The number of guanidine groups is 1. The zero-order chi connectivity index (χ0) is 86.1. The van der Waals surface area contributed by atoms with Crippen LogP contribution in [-0.4, -0.2) is 295 Å². The van der Waals surface area contributed by atoms with E-state index in [9.17, 15) is 112 Å². The largest absolute Gasteiger partial charge is 0.481 e. The molecule has 44 heteroatoms. The number of thioether (sulfide) groups is 1. The number of hydrogen-bond donors (Lipinski definition) is 20. The van der Waals surface area contributed by atoms with Crippen molar-refractivity contribution < 1.29 is 112 Å². The first kappa shape index (κ1) is 97.7. The lowest BCUT2D eigenvalue weighted by Gasteiger charge is -2.33. The Bertz CT molecular complexity index is 3490. The number of likely N-dealkylation sites (tertiary alicyclic amines) is 3. The molecule has 0 unspecified atom stereocenters. The van der Waals surface area contributed by atoms with Gasteiger partial charge in [0.1, 0.15) is 84.6 Å². The summed E-state index contributed by atoms with van der Waals surface area (Å²) >= 11 is 1.45. The molecule has 3 rings (SSSR count). The van der Waals surface area contributed by atoms with Crippen LogP contribution in [0.25, 0.3) is 0 Å². The van der Waals surface area contributed by atoms with Crippen molar-refractivity contribution in [3.8, 4) is 0 Å². The summed E-state index contributed by atoms with van der Waals surface area (Å²) in [5, 5.41) is 68.4. The Kier molecular flexibility index (Phi) is 41.0. The number of aliphatic imine (C=N–C) groups is 1. The van der Waals surface area contributed by atoms with E-state index in [0.717, 1.165) is 9.80 Å². The number of aliphatic hydroxyl groups excluding tert-OH is 1. The highest BCUT2D eigenvalue weighted by Crippen LogP contribution is 2.27. The van der Waals surface area contributed by atoms with Gasteiger partial charge in [0, 0.05) is 26.2 Å². The summed E-state index contributed by atoms with van der Waals surface area (Å²) in [6.07, 6.45) is 0.138. The van der Waals surface area contributed by atoms with Crippen LogP contribution in [0.4, 0.5) is 0 Å². The van der Waals surface area contributed by atoms with E-state index >= 15 is 0 Å². The molecule has 0 aromatic rings. The molecule has 114 heavy (non-hydrogen) atoms. The summed E-state index contributed by atoms with van der Waals surface area (Å²) in [4.78, 5) is 262. The molecule has 0 spiro atoms. The fraction of sp³-hybridized carbons (Fsp3) is 0.714. The average molecular weight is 1640 g/mol. The maximum atomic E-state index is 14.4. The number of rotatable bonds is 48. The molecule has 0 saturated carbocycles. The monoisotopic (exact) mass is 1640 g/mol. The van der Waals surface area contributed by atoms with E-state index in [1.165, 1.54) is 37.4 Å². The van der Waals surface area contributed by atoms with Gasteiger partial charge in [0.15, 0.2) is 5.96 Å². The highest BCUT2D eigenvalue weighted by atomic mass is 32.2. The van der Waals surface area contributed by atoms with Gasteiger partial charge in [-0.15, -0.1) is 0 Å². The molecule has 3 heterocycles. The molecule has 0 aromatic carbocycles. The Morgan fingerprint density at radius 2 is 0.842 bits per heavy atom. The Balaban J connectivity index is 1.76. The Labute approximate surface area is 663 Å². The zero-order valence-electron chi connectivity index (χ0n) is 66.0. The number of carbonyl (C=O) groups is 19. The third kappa shape index (κ3) is 32.5. The van der Waals surface area contributed by atoms with Crippen molar-refractivity contribution in [2.24, 2.45) is 45.7 Å². The molecular weight excluding hydrogens is 1520 g/mol. The van der Waals surface area contributed by atoms with E-state index < -0.39 is 241 Å². The number of nitrogens with zero attached hydrogens (tertiary/aromatic N) is 4. The van der Waals surface area contributed by atoms with Crippen molar-refractivity contribution >= 4 is 130 Å². The van der Waals surface area contributed by atoms with Crippen LogP contribution in [0.1, 0.15) is 159 Å². The molecule has 3 saturated heterocycles. The number of nitrogens with two attached hydrogens (primary N) is 4. The number of carbonyl (C=O) groups excluding carboxylic acids is 16. The lowest BCUT2D eigenvalue weighted by molar-refractivity contribution is -0.149. The van der Waals surface area contributed by atoms with Gasteiger partial charge in [0.25, 0.3) is 0 Å². The van der Waals surface area contributed by atoms with E-state index in [-0.39, 0.29) is 108 Å². The number of aliphatic carboxylic acids is 3. The van der Waals surface area contributed by atoms with Gasteiger partial charge >= 0.3 is 17.9 Å². The number of carboxylic acids is 3. The average Bonchev–Trinajstić information content (AvgIpc) is 1.63. The van der Waals surface area contributed by atoms with Crippen molar-refractivity contribution in [1.29, 1.82) is 0 Å². The maximum Gasteiger partial charge on any atom is 0.326 e. The molecule has 3 aliphatic heterocycles. The van der Waals surface area contributed by atoms with Crippen molar-refractivity contribution in [1.82, 2.24) is 78.5 Å². The van der Waals surface area contributed by atoms with Crippen LogP contribution in [0.2, 0.25) is 0 Å². The summed E-state index contributed by atoms with van der Waals surface area (Å²) in [5.74, 6) is -20.6. The first-order valence-corrected chi connectivity index (χ1v) is 39.2. The smallest absolute Gasteiger partial charge is 0.326 e. The molecule has 0 aromatic heterocycles. The quantitative estimate of drug-likeness (QED) is 0.0153. The van der Waals surface area contributed by atoms with Crippen molar-refractivity contribution in [3.63, 3.8) is 0 Å². The fourth-order valence-electron chi connectivity index (χ4n) is 12.8. The number of amides is 16. The van der Waals surface area contributed by atoms with E-state index in [0.29, 0.717) is 18.6 Å². The number of hydrogen-bond acceptors (Lipinski definition) is 23. The first-order chi connectivity index (χ1) is 53.4. The zero-order valence-corrected chi connectivity index (χ0v) is 66.8. The van der Waals surface area contributed by atoms with Crippen molar-refractivity contribution in [2.45, 2.75) is 249 Å². The minimum Gasteiger partial charge on any atom is -0.481 e. The van der Waals surface area contributed by atoms with Crippen LogP contribution in [0, 0.1) is 17.8 Å². The standard InChI is InChI=1S/C70H116N20O23S/c1-33(2)25-41(59(102)79-38(9)66(109)90-23-14-18-50(90)69(112)113)83-61(104)42(26-34(3)4)82-55(98)36(7)78-60(103)44(28-51(72)92)85-63(106)45(29-53(94)95)86-62(105)43(27-35(5)6)84-64(107)47(32-91)87-56(99)37(8)77-58(101)40(15-11-20-75-70(73)74)81-65(108)48-16-12-21-88(48)68(111)49-17-13-22-89(49)67(110)46(30-54(96)97)80-52(93)31-76-57(100)39(71)19-24-114-10/h33-50,91H,11-32,71H2,1-10H3,(H2,72,92)(H,76,100)(H,77,101)(H,78,103)(H,79,102)(H,80,93)(H,81,108)(H,82,98)(H,83,104)(H,84,107)(H,85,106)(H,86,105)(H,87,99)(H,94,95)(H,96,97)(H,112,113)(H4,73,74,75)/t36-,37-,38-,39-,40-,41-,42-,43-,44-,45-,46-,47-,48-,49-,50-/m0/s1. The Morgan fingerprint density at radius 1 is 0.439 bits per heavy atom. The predicted molar refractivity (Wildman–Crippen MR) is 408 cm³/mol. The van der Waals surface area contributed by atoms with Gasteiger partial charge in [-0.3, -0.25) is 91.3 Å². The summed E-state index contributed by atoms with van der Waals surface area (Å²) in [7, 11) is 0. The van der Waals surface area contributed by atoms with Gasteiger partial charge in [-0.05, 0) is 128 Å². The van der Waals surface area contributed by atoms with Gasteiger partial charge in [-0.1, -0.05) is 41.5 Å². The van der Waals surface area contributed by atoms with E-state index in [4.69, 9.17) is 22.9 Å². The topological polar surface area (TPSA) is 676 Å². The van der Waals surface area contributed by atoms with Crippen molar-refractivity contribution in [2.75, 3.05) is 51.3 Å². The van der Waals surface area contributed by atoms with Crippen LogP contribution in [0.15, 0.2) is 4.99 Å². The SMILES string of the molecule is CSCC[C@H](N)C(=O)NCC(=O)N[C@@H](CC(=O)O)C(=O)N1CCC[C@H]1C(=O)N1CCC[C@H]1C(=O)N[C@@H](CCCN=C(N)N)C(=O)N[C@@H](C)C(=O)N[C@@H](CO)C(=O)N[C@@H](CC(C)C)C(=O)N[C@@H](CC(=O)O)C(=O)N[C@@H](CC(N)=O)C(=O)N[C@@H](C)C(=O)N[C@@H](CC(C)C)C(=O)N[C@@H](CC(C)C)C(=O)N[C@@H](C)C(=O)N1CCC[C@H]1C(=O)O. The molecule has 16 amide bonds. The van der Waals surface area contributed by atoms with E-state index in [2.05, 4.69) is 68.8 Å². The third-order valence-corrected chi connectivity index (χ3v) is 19.2. The molecule has 640 valence electrons. The Hall–Kier alpha value is -10.5. The van der Waals surface area contributed by atoms with E-state index in [1.807, 2.05) is 6.26 Å². The molecule has 0 radical (unpaired) electrons. The lowest BCUT2D eigenvalue weighted by atomic mass is 9.99. The molecule has 3 fully saturated rings. The van der Waals surface area contributed by atoms with Gasteiger partial charge in [0.05, 0.1) is 38.5 Å². The second-order valence-electron chi connectivity index (χ2n) is 29.6. The highest BCUT2D eigenvalue weighted by Gasteiger charge is 2.46. The molecular formula is C70H116N20O23S. The second-order valence-corrected chi connectivity index (χ2v) is 30.6. The van der Waals surface area contributed by atoms with Gasteiger partial charge < -0.3 is 122 Å². The van der Waals surface area contributed by atoms with Crippen LogP contribution in [0.3, 0.4) is 0 Å². The normalized spacial score (nSPS) is 18.4. The summed E-state index contributed by atoms with van der Waals surface area (Å²) < 4.78 is 0. The fourth-order valence-corrected chi connectivity index (χ4v) is 13.3. The summed E-state index contributed by atoms with van der Waals surface area (Å²) in [5.41, 5.74) is 22.3. The summed E-state index contributed by atoms with van der Waals surface area (Å²) in [6, 6.07) is -22.1.